The smallest absolute Gasteiger partial charge is 0.220 e. The molecule has 1 rings (SSSR count). The number of thiophene rings is 1. The molecule has 0 fully saturated rings. The third-order valence-electron chi connectivity index (χ3n) is 2.25. The predicted molar refractivity (Wildman–Crippen MR) is 64.1 cm³/mol. The van der Waals surface area contributed by atoms with Crippen LogP contribution in [0.2, 0.25) is 0 Å². The van der Waals surface area contributed by atoms with E-state index in [2.05, 4.69) is 23.7 Å². The van der Waals surface area contributed by atoms with Crippen molar-refractivity contribution in [1.82, 2.24) is 5.32 Å². The largest absolute Gasteiger partial charge is 0.356 e. The van der Waals surface area contributed by atoms with E-state index >= 15 is 0 Å². The molecule has 3 N–H and O–H groups in total. The molecular weight excluding hydrogens is 208 g/mol. The fraction of sp³-hybridized carbons (Fsp3) is 0.545. The van der Waals surface area contributed by atoms with Crippen molar-refractivity contribution in [3.8, 4) is 0 Å². The van der Waals surface area contributed by atoms with Crippen molar-refractivity contribution in [2.75, 3.05) is 13.1 Å². The van der Waals surface area contributed by atoms with E-state index in [0.717, 1.165) is 19.4 Å². The summed E-state index contributed by atoms with van der Waals surface area (Å²) in [7, 11) is 0. The SMILES string of the molecule is Cc1ccsc1CCNC(=O)CCCN. The number of rotatable bonds is 6. The van der Waals surface area contributed by atoms with Gasteiger partial charge < -0.3 is 11.1 Å². The minimum absolute atomic E-state index is 0.106. The Hall–Kier alpha value is -0.870. The van der Waals surface area contributed by atoms with Gasteiger partial charge in [-0.15, -0.1) is 11.3 Å². The number of nitrogens with one attached hydrogen (secondary N) is 1. The molecule has 0 aliphatic heterocycles. The van der Waals surface area contributed by atoms with Crippen LogP contribution in [0.1, 0.15) is 23.3 Å². The van der Waals surface area contributed by atoms with E-state index in [1.54, 1.807) is 11.3 Å². The average Bonchev–Trinajstić information content (AvgIpc) is 2.61. The highest BCUT2D eigenvalue weighted by Gasteiger charge is 2.02. The molecule has 0 aromatic carbocycles. The summed E-state index contributed by atoms with van der Waals surface area (Å²) in [6.45, 7) is 3.41. The minimum Gasteiger partial charge on any atom is -0.356 e. The molecular formula is C11H18N2OS. The molecule has 0 aliphatic carbocycles. The molecule has 84 valence electrons. The van der Waals surface area contributed by atoms with Crippen LogP contribution in [0.15, 0.2) is 11.4 Å². The van der Waals surface area contributed by atoms with Gasteiger partial charge in [0.2, 0.25) is 5.91 Å². The van der Waals surface area contributed by atoms with Crippen molar-refractivity contribution in [2.45, 2.75) is 26.2 Å². The molecule has 0 radical (unpaired) electrons. The summed E-state index contributed by atoms with van der Waals surface area (Å²) >= 11 is 1.75. The van der Waals surface area contributed by atoms with E-state index in [1.807, 2.05) is 0 Å². The first-order valence-corrected chi connectivity index (χ1v) is 6.11. The quantitative estimate of drug-likeness (QED) is 0.771. The average molecular weight is 226 g/mol. The van der Waals surface area contributed by atoms with E-state index in [4.69, 9.17) is 5.73 Å². The molecule has 4 heteroatoms. The second-order valence-corrected chi connectivity index (χ2v) is 4.52. The maximum atomic E-state index is 11.3. The second kappa shape index (κ2) is 6.58. The summed E-state index contributed by atoms with van der Waals surface area (Å²) in [5.41, 5.74) is 6.64. The maximum absolute atomic E-state index is 11.3. The van der Waals surface area contributed by atoms with Crippen LogP contribution in [-0.2, 0) is 11.2 Å². The zero-order valence-corrected chi connectivity index (χ0v) is 9.90. The lowest BCUT2D eigenvalue weighted by Gasteiger charge is -2.04. The standard InChI is InChI=1S/C11H18N2OS/c1-9-5-8-15-10(9)4-7-13-11(14)3-2-6-12/h5,8H,2-4,6-7,12H2,1H3,(H,13,14). The molecule has 1 heterocycles. The van der Waals surface area contributed by atoms with E-state index in [0.29, 0.717) is 13.0 Å². The van der Waals surface area contributed by atoms with Gasteiger partial charge in [-0.1, -0.05) is 0 Å². The molecule has 0 saturated heterocycles. The summed E-state index contributed by atoms with van der Waals surface area (Å²) in [6.07, 6.45) is 2.24. The molecule has 0 saturated carbocycles. The van der Waals surface area contributed by atoms with Crippen molar-refractivity contribution < 1.29 is 4.79 Å². The van der Waals surface area contributed by atoms with Gasteiger partial charge >= 0.3 is 0 Å². The molecule has 0 aliphatic rings. The van der Waals surface area contributed by atoms with Gasteiger partial charge in [0.25, 0.3) is 0 Å². The van der Waals surface area contributed by atoms with Gasteiger partial charge in [0.15, 0.2) is 0 Å². The van der Waals surface area contributed by atoms with Gasteiger partial charge in [0.05, 0.1) is 0 Å². The molecule has 0 unspecified atom stereocenters. The molecule has 1 aromatic heterocycles. The Morgan fingerprint density at radius 2 is 2.40 bits per heavy atom. The topological polar surface area (TPSA) is 55.1 Å². The fourth-order valence-corrected chi connectivity index (χ4v) is 2.24. The zero-order chi connectivity index (χ0) is 11.1. The van der Waals surface area contributed by atoms with E-state index in [1.165, 1.54) is 10.4 Å². The second-order valence-electron chi connectivity index (χ2n) is 3.52. The molecule has 1 aromatic rings. The Kier molecular flexibility index (Phi) is 5.36. The first-order chi connectivity index (χ1) is 7.24. The highest BCUT2D eigenvalue weighted by Crippen LogP contribution is 2.15. The van der Waals surface area contributed by atoms with Gasteiger partial charge in [-0.25, -0.2) is 0 Å². The third kappa shape index (κ3) is 4.44. The summed E-state index contributed by atoms with van der Waals surface area (Å²) < 4.78 is 0. The summed E-state index contributed by atoms with van der Waals surface area (Å²) in [4.78, 5) is 12.6. The van der Waals surface area contributed by atoms with Crippen molar-refractivity contribution in [2.24, 2.45) is 5.73 Å². The van der Waals surface area contributed by atoms with Crippen molar-refractivity contribution in [1.29, 1.82) is 0 Å². The van der Waals surface area contributed by atoms with Crippen LogP contribution in [0.3, 0.4) is 0 Å². The summed E-state index contributed by atoms with van der Waals surface area (Å²) in [5, 5.41) is 4.98. The number of carbonyl (C=O) groups is 1. The number of hydrogen-bond donors (Lipinski definition) is 2. The Morgan fingerprint density at radius 3 is 3.00 bits per heavy atom. The molecule has 0 atom stereocenters. The molecule has 3 nitrogen and oxygen atoms in total. The van der Waals surface area contributed by atoms with Gasteiger partial charge in [-0.3, -0.25) is 4.79 Å². The van der Waals surface area contributed by atoms with E-state index < -0.39 is 0 Å². The number of amides is 1. The van der Waals surface area contributed by atoms with Crippen LogP contribution >= 0.6 is 11.3 Å². The van der Waals surface area contributed by atoms with Gasteiger partial charge in [-0.05, 0) is 43.3 Å². The number of carbonyl (C=O) groups excluding carboxylic acids is 1. The Morgan fingerprint density at radius 1 is 1.60 bits per heavy atom. The van der Waals surface area contributed by atoms with Gasteiger partial charge in [-0.2, -0.15) is 0 Å². The molecule has 0 spiro atoms. The third-order valence-corrected chi connectivity index (χ3v) is 3.33. The van der Waals surface area contributed by atoms with Crippen molar-refractivity contribution in [3.05, 3.63) is 21.9 Å². The number of hydrogen-bond acceptors (Lipinski definition) is 3. The highest BCUT2D eigenvalue weighted by molar-refractivity contribution is 7.10. The normalized spacial score (nSPS) is 10.3. The van der Waals surface area contributed by atoms with Crippen molar-refractivity contribution in [3.63, 3.8) is 0 Å². The van der Waals surface area contributed by atoms with Crippen LogP contribution in [0.5, 0.6) is 0 Å². The van der Waals surface area contributed by atoms with Gasteiger partial charge in [0, 0.05) is 17.8 Å². The predicted octanol–water partition coefficient (Wildman–Crippen LogP) is 1.45. The lowest BCUT2D eigenvalue weighted by Crippen LogP contribution is -2.25. The van der Waals surface area contributed by atoms with Crippen LogP contribution in [0.4, 0.5) is 0 Å². The van der Waals surface area contributed by atoms with Crippen LogP contribution in [-0.4, -0.2) is 19.0 Å². The van der Waals surface area contributed by atoms with Crippen LogP contribution in [0, 0.1) is 6.92 Å². The first-order valence-electron chi connectivity index (χ1n) is 5.23. The van der Waals surface area contributed by atoms with Crippen LogP contribution in [0.25, 0.3) is 0 Å². The van der Waals surface area contributed by atoms with Crippen molar-refractivity contribution >= 4 is 17.2 Å². The number of aryl methyl sites for hydroxylation is 1. The Labute approximate surface area is 94.7 Å². The number of nitrogens with two attached hydrogens (primary N) is 1. The van der Waals surface area contributed by atoms with E-state index in [-0.39, 0.29) is 5.91 Å². The Balaban J connectivity index is 2.16. The molecule has 1 amide bonds. The molecule has 15 heavy (non-hydrogen) atoms. The molecule has 0 bridgehead atoms. The zero-order valence-electron chi connectivity index (χ0n) is 9.08. The lowest BCUT2D eigenvalue weighted by atomic mass is 10.2. The minimum atomic E-state index is 0.106. The van der Waals surface area contributed by atoms with Crippen LogP contribution < -0.4 is 11.1 Å². The monoisotopic (exact) mass is 226 g/mol. The first kappa shape index (κ1) is 12.2. The summed E-state index contributed by atoms with van der Waals surface area (Å²) in [6, 6.07) is 2.11. The fourth-order valence-electron chi connectivity index (χ4n) is 1.33. The lowest BCUT2D eigenvalue weighted by molar-refractivity contribution is -0.121. The summed E-state index contributed by atoms with van der Waals surface area (Å²) in [5.74, 6) is 0.106. The highest BCUT2D eigenvalue weighted by atomic mass is 32.1. The van der Waals surface area contributed by atoms with E-state index in [9.17, 15) is 4.79 Å². The maximum Gasteiger partial charge on any atom is 0.220 e. The van der Waals surface area contributed by atoms with Gasteiger partial charge in [0.1, 0.15) is 0 Å². The Bertz CT molecular complexity index is 309.